The van der Waals surface area contributed by atoms with Gasteiger partial charge in [-0.05, 0) is 42.8 Å². The summed E-state index contributed by atoms with van der Waals surface area (Å²) in [7, 11) is 1.65. The summed E-state index contributed by atoms with van der Waals surface area (Å²) in [6.45, 7) is 1.89. The lowest BCUT2D eigenvalue weighted by Gasteiger charge is -2.12. The molecule has 0 aliphatic carbocycles. The number of aryl methyl sites for hydroxylation is 1. The minimum absolute atomic E-state index is 0.177. The van der Waals surface area contributed by atoms with Crippen LogP contribution in [0.2, 0.25) is 0 Å². The van der Waals surface area contributed by atoms with Gasteiger partial charge in [-0.15, -0.1) is 0 Å². The first kappa shape index (κ1) is 16.7. The Bertz CT molecular complexity index is 859. The number of pyridine rings is 1. The fourth-order valence-corrected chi connectivity index (χ4v) is 2.62. The van der Waals surface area contributed by atoms with E-state index in [1.54, 1.807) is 19.4 Å². The molecule has 0 fully saturated rings. The zero-order valence-corrected chi connectivity index (χ0v) is 14.3. The van der Waals surface area contributed by atoms with Crippen LogP contribution >= 0.6 is 0 Å². The molecule has 0 atom stereocenters. The molecule has 0 aliphatic heterocycles. The third-order valence-electron chi connectivity index (χ3n) is 3.95. The van der Waals surface area contributed by atoms with E-state index < -0.39 is 0 Å². The molecule has 0 saturated carbocycles. The van der Waals surface area contributed by atoms with Crippen LogP contribution < -0.4 is 10.1 Å². The van der Waals surface area contributed by atoms with Crippen LogP contribution in [0.4, 0.5) is 5.69 Å². The van der Waals surface area contributed by atoms with Gasteiger partial charge in [0.1, 0.15) is 5.75 Å². The van der Waals surface area contributed by atoms with E-state index in [1.807, 2.05) is 49.4 Å². The summed E-state index contributed by atoms with van der Waals surface area (Å²) in [5.41, 5.74) is 4.36. The van der Waals surface area contributed by atoms with E-state index in [9.17, 15) is 4.79 Å². The van der Waals surface area contributed by atoms with E-state index >= 15 is 0 Å². The second-order valence-corrected chi connectivity index (χ2v) is 5.83. The summed E-state index contributed by atoms with van der Waals surface area (Å²) in [6.07, 6.45) is 2.32. The van der Waals surface area contributed by atoms with Gasteiger partial charge in [0.05, 0.1) is 12.7 Å². The average Bonchev–Trinajstić information content (AvgIpc) is 2.63. The first-order valence-electron chi connectivity index (χ1n) is 8.10. The van der Waals surface area contributed by atoms with Crippen molar-refractivity contribution in [2.24, 2.45) is 0 Å². The molecule has 1 aromatic heterocycles. The normalized spacial score (nSPS) is 10.3. The lowest BCUT2D eigenvalue weighted by atomic mass is 10.0. The molecule has 1 amide bonds. The lowest BCUT2D eigenvalue weighted by molar-refractivity contribution is 0.102. The number of rotatable bonds is 5. The number of nitrogens with one attached hydrogen (secondary N) is 1. The second kappa shape index (κ2) is 7.62. The predicted molar refractivity (Wildman–Crippen MR) is 99.2 cm³/mol. The van der Waals surface area contributed by atoms with Gasteiger partial charge in [0.25, 0.3) is 5.91 Å². The number of nitrogens with zero attached hydrogens (tertiary/aromatic N) is 1. The van der Waals surface area contributed by atoms with E-state index in [-0.39, 0.29) is 5.91 Å². The number of anilines is 1. The molecule has 3 aromatic rings. The number of hydrogen-bond acceptors (Lipinski definition) is 3. The largest absolute Gasteiger partial charge is 0.496 e. The molecular formula is C21H20N2O2. The topological polar surface area (TPSA) is 51.2 Å². The van der Waals surface area contributed by atoms with Crippen molar-refractivity contribution in [1.29, 1.82) is 0 Å². The maximum atomic E-state index is 12.4. The first-order valence-corrected chi connectivity index (χ1v) is 8.10. The Morgan fingerprint density at radius 1 is 1.08 bits per heavy atom. The minimum atomic E-state index is -0.177. The SMILES string of the molecule is COc1ccc(NC(=O)c2ccc(C)nc2)cc1Cc1ccccc1. The highest BCUT2D eigenvalue weighted by atomic mass is 16.5. The van der Waals surface area contributed by atoms with Crippen LogP contribution in [0.1, 0.15) is 27.2 Å². The number of aromatic nitrogens is 1. The summed E-state index contributed by atoms with van der Waals surface area (Å²) in [4.78, 5) is 16.5. The Hall–Kier alpha value is -3.14. The maximum absolute atomic E-state index is 12.4. The molecular weight excluding hydrogens is 312 g/mol. The molecule has 1 heterocycles. The van der Waals surface area contributed by atoms with Crippen LogP contribution in [0.5, 0.6) is 5.75 Å². The number of amides is 1. The maximum Gasteiger partial charge on any atom is 0.257 e. The van der Waals surface area contributed by atoms with Gasteiger partial charge in [0, 0.05) is 29.6 Å². The number of ether oxygens (including phenoxy) is 1. The van der Waals surface area contributed by atoms with E-state index in [0.717, 1.165) is 29.1 Å². The van der Waals surface area contributed by atoms with E-state index in [4.69, 9.17) is 4.74 Å². The van der Waals surface area contributed by atoms with Crippen molar-refractivity contribution >= 4 is 11.6 Å². The molecule has 0 unspecified atom stereocenters. The van der Waals surface area contributed by atoms with Gasteiger partial charge in [-0.3, -0.25) is 9.78 Å². The van der Waals surface area contributed by atoms with Crippen molar-refractivity contribution in [2.45, 2.75) is 13.3 Å². The molecule has 0 saturated heterocycles. The molecule has 0 radical (unpaired) electrons. The van der Waals surface area contributed by atoms with Crippen LogP contribution in [0.3, 0.4) is 0 Å². The fourth-order valence-electron chi connectivity index (χ4n) is 2.62. The molecule has 3 rings (SSSR count). The smallest absolute Gasteiger partial charge is 0.257 e. The Morgan fingerprint density at radius 3 is 2.56 bits per heavy atom. The van der Waals surface area contributed by atoms with Crippen LogP contribution in [0.25, 0.3) is 0 Å². The monoisotopic (exact) mass is 332 g/mol. The van der Waals surface area contributed by atoms with E-state index in [1.165, 1.54) is 5.56 Å². The summed E-state index contributed by atoms with van der Waals surface area (Å²) in [6, 6.07) is 19.4. The van der Waals surface area contributed by atoms with Crippen molar-refractivity contribution in [3.05, 3.63) is 89.2 Å². The molecule has 126 valence electrons. The van der Waals surface area contributed by atoms with Gasteiger partial charge in [-0.2, -0.15) is 0 Å². The molecule has 4 nitrogen and oxygen atoms in total. The van der Waals surface area contributed by atoms with Gasteiger partial charge >= 0.3 is 0 Å². The number of hydrogen-bond donors (Lipinski definition) is 1. The highest BCUT2D eigenvalue weighted by molar-refractivity contribution is 6.04. The van der Waals surface area contributed by atoms with E-state index in [0.29, 0.717) is 5.56 Å². The van der Waals surface area contributed by atoms with Crippen LogP contribution in [0, 0.1) is 6.92 Å². The quantitative estimate of drug-likeness (QED) is 0.760. The van der Waals surface area contributed by atoms with Gasteiger partial charge in [0.2, 0.25) is 0 Å². The highest BCUT2D eigenvalue weighted by Crippen LogP contribution is 2.25. The molecule has 0 spiro atoms. The zero-order valence-electron chi connectivity index (χ0n) is 14.3. The van der Waals surface area contributed by atoms with Crippen LogP contribution in [-0.2, 0) is 6.42 Å². The minimum Gasteiger partial charge on any atom is -0.496 e. The Morgan fingerprint density at radius 2 is 1.88 bits per heavy atom. The number of carbonyl (C=O) groups excluding carboxylic acids is 1. The third-order valence-corrected chi connectivity index (χ3v) is 3.95. The molecule has 25 heavy (non-hydrogen) atoms. The van der Waals surface area contributed by atoms with Crippen LogP contribution in [-0.4, -0.2) is 18.0 Å². The van der Waals surface area contributed by atoms with Gasteiger partial charge in [0.15, 0.2) is 0 Å². The fraction of sp³-hybridized carbons (Fsp3) is 0.143. The van der Waals surface area contributed by atoms with Crippen molar-refractivity contribution < 1.29 is 9.53 Å². The van der Waals surface area contributed by atoms with Gasteiger partial charge in [-0.25, -0.2) is 0 Å². The summed E-state index contributed by atoms with van der Waals surface area (Å²) < 4.78 is 5.45. The lowest BCUT2D eigenvalue weighted by Crippen LogP contribution is -2.12. The highest BCUT2D eigenvalue weighted by Gasteiger charge is 2.10. The van der Waals surface area contributed by atoms with E-state index in [2.05, 4.69) is 22.4 Å². The number of methoxy groups -OCH3 is 1. The van der Waals surface area contributed by atoms with Gasteiger partial charge in [-0.1, -0.05) is 30.3 Å². The molecule has 1 N–H and O–H groups in total. The number of carbonyl (C=O) groups is 1. The number of benzene rings is 2. The van der Waals surface area contributed by atoms with Crippen LogP contribution in [0.15, 0.2) is 66.9 Å². The average molecular weight is 332 g/mol. The zero-order chi connectivity index (χ0) is 17.6. The first-order chi connectivity index (χ1) is 12.2. The van der Waals surface area contributed by atoms with Crippen molar-refractivity contribution in [1.82, 2.24) is 4.98 Å². The van der Waals surface area contributed by atoms with Crippen molar-refractivity contribution in [3.8, 4) is 5.75 Å². The predicted octanol–water partition coefficient (Wildman–Crippen LogP) is 4.24. The molecule has 2 aromatic carbocycles. The Balaban J connectivity index is 1.81. The van der Waals surface area contributed by atoms with Crippen molar-refractivity contribution in [2.75, 3.05) is 12.4 Å². The summed E-state index contributed by atoms with van der Waals surface area (Å²) in [5.74, 6) is 0.627. The summed E-state index contributed by atoms with van der Waals surface area (Å²) in [5, 5.41) is 2.92. The second-order valence-electron chi connectivity index (χ2n) is 5.83. The van der Waals surface area contributed by atoms with Crippen molar-refractivity contribution in [3.63, 3.8) is 0 Å². The van der Waals surface area contributed by atoms with Gasteiger partial charge < -0.3 is 10.1 Å². The summed E-state index contributed by atoms with van der Waals surface area (Å²) >= 11 is 0. The molecule has 0 aliphatic rings. The Kier molecular flexibility index (Phi) is 5.09. The standard InChI is InChI=1S/C21H20N2O2/c1-15-8-9-17(14-22-15)21(24)23-19-10-11-20(25-2)18(13-19)12-16-6-4-3-5-7-16/h3-11,13-14H,12H2,1-2H3,(H,23,24). The third kappa shape index (κ3) is 4.23. The Labute approximate surface area is 147 Å². The molecule has 0 bridgehead atoms. The molecule has 4 heteroatoms.